The molecule has 2 aliphatic heterocycles. The molecule has 3 N–H and O–H groups in total. The molecule has 0 aliphatic carbocycles. The number of piperidine rings is 1. The molecule has 0 saturated carbocycles. The zero-order valence-electron chi connectivity index (χ0n) is 22.8. The molecule has 2 aliphatic rings. The molecule has 0 radical (unpaired) electrons. The van der Waals surface area contributed by atoms with Gasteiger partial charge >= 0.3 is 0 Å². The summed E-state index contributed by atoms with van der Waals surface area (Å²) in [5.41, 5.74) is -1.83. The number of aliphatic hydroxyl groups is 1. The lowest BCUT2D eigenvalue weighted by Gasteiger charge is -2.41. The number of anilines is 1. The largest absolute Gasteiger partial charge is 0.476 e. The normalized spacial score (nSPS) is 20.9. The molecule has 2 bridgehead atoms. The Hall–Kier alpha value is -2.69. The summed E-state index contributed by atoms with van der Waals surface area (Å²) in [5, 5.41) is 16.3. The minimum absolute atomic E-state index is 0.0730. The van der Waals surface area contributed by atoms with E-state index in [0.29, 0.717) is 29.2 Å². The van der Waals surface area contributed by atoms with E-state index in [1.807, 2.05) is 0 Å². The molecule has 4 rings (SSSR count). The first-order valence-electron chi connectivity index (χ1n) is 13.2. The van der Waals surface area contributed by atoms with Gasteiger partial charge in [-0.05, 0) is 77.6 Å². The Balaban J connectivity index is 1.39. The van der Waals surface area contributed by atoms with Gasteiger partial charge in [-0.15, -0.1) is 0 Å². The summed E-state index contributed by atoms with van der Waals surface area (Å²) in [5.74, 6) is 0.0743. The lowest BCUT2D eigenvalue weighted by Crippen LogP contribution is -2.55. The number of pyridine rings is 1. The number of aromatic nitrogens is 1. The van der Waals surface area contributed by atoms with Gasteiger partial charge < -0.3 is 25.4 Å². The molecule has 2 amide bonds. The highest BCUT2D eigenvalue weighted by Gasteiger charge is 2.43. The predicted molar refractivity (Wildman–Crippen MR) is 149 cm³/mol. The van der Waals surface area contributed by atoms with Crippen LogP contribution in [0, 0.1) is 0 Å². The number of alkyl halides is 2. The van der Waals surface area contributed by atoms with Gasteiger partial charge in [0.25, 0.3) is 18.2 Å². The van der Waals surface area contributed by atoms with Crippen molar-refractivity contribution >= 4 is 40.8 Å². The average Bonchev–Trinajstić information content (AvgIpc) is 3.13. The molecular weight excluding hydrogens is 565 g/mol. The Kier molecular flexibility index (Phi) is 8.82. The molecule has 2 atom stereocenters. The van der Waals surface area contributed by atoms with Crippen LogP contribution in [0.4, 0.5) is 14.6 Å². The fourth-order valence-electron chi connectivity index (χ4n) is 5.37. The van der Waals surface area contributed by atoms with Crippen LogP contribution < -0.4 is 20.3 Å². The molecule has 40 heavy (non-hydrogen) atoms. The van der Waals surface area contributed by atoms with Gasteiger partial charge in [-0.3, -0.25) is 9.59 Å². The van der Waals surface area contributed by atoms with E-state index < -0.39 is 30.1 Å². The quantitative estimate of drug-likeness (QED) is 0.372. The number of carbonyl (C=O) groups excluding carboxylic acids is 2. The highest BCUT2D eigenvalue weighted by molar-refractivity contribution is 6.36. The van der Waals surface area contributed by atoms with E-state index in [2.05, 4.69) is 20.5 Å². The van der Waals surface area contributed by atoms with Crippen LogP contribution >= 0.6 is 23.2 Å². The van der Waals surface area contributed by atoms with Gasteiger partial charge in [-0.2, -0.15) is 0 Å². The van der Waals surface area contributed by atoms with Gasteiger partial charge in [0.1, 0.15) is 11.6 Å². The number of carbonyl (C=O) groups is 2. The molecule has 3 heterocycles. The molecule has 2 aromatic rings. The Morgan fingerprint density at radius 1 is 1.12 bits per heavy atom. The third-order valence-electron chi connectivity index (χ3n) is 7.35. The van der Waals surface area contributed by atoms with Crippen LogP contribution in [0.5, 0.6) is 5.75 Å². The molecule has 218 valence electrons. The number of halogens is 4. The fourth-order valence-corrected chi connectivity index (χ4v) is 6.02. The van der Waals surface area contributed by atoms with Gasteiger partial charge in [0.2, 0.25) is 0 Å². The fraction of sp³-hybridized carbons (Fsp3) is 0.536. The van der Waals surface area contributed by atoms with Gasteiger partial charge in [-0.25, -0.2) is 13.8 Å². The SMILES string of the molecule is CC(C)(Oc1cc(C(C)(C)O)c(Cl)cc1Cl)C(=O)NC1CC2CCC(C1)N2c1ccc(C(=O)NCC(F)F)cn1. The van der Waals surface area contributed by atoms with Crippen LogP contribution in [0.2, 0.25) is 10.0 Å². The van der Waals surface area contributed by atoms with Gasteiger partial charge in [0.05, 0.1) is 22.7 Å². The van der Waals surface area contributed by atoms with Crippen molar-refractivity contribution in [2.75, 3.05) is 11.4 Å². The first kappa shape index (κ1) is 30.3. The minimum Gasteiger partial charge on any atom is -0.476 e. The maximum absolute atomic E-state index is 13.3. The number of nitrogens with zero attached hydrogens (tertiary/aromatic N) is 2. The number of fused-ring (bicyclic) bond motifs is 2. The highest BCUT2D eigenvalue weighted by Crippen LogP contribution is 2.40. The standard InChI is InChI=1S/C28H34Cl2F2N4O4/c1-27(2,39)19-11-22(21(30)12-20(19)29)40-28(3,4)26(38)35-16-9-17-6-7-18(10-16)36(17)24-8-5-15(13-33-24)25(37)34-14-23(31)32/h5,8,11-13,16-18,23,39H,6-7,9-10,14H2,1-4H3,(H,34,37)(H,35,38). The van der Waals surface area contributed by atoms with Crippen molar-refractivity contribution < 1.29 is 28.2 Å². The van der Waals surface area contributed by atoms with Crippen molar-refractivity contribution in [2.45, 2.75) is 89.1 Å². The first-order chi connectivity index (χ1) is 18.7. The van der Waals surface area contributed by atoms with Crippen molar-refractivity contribution in [2.24, 2.45) is 0 Å². The van der Waals surface area contributed by atoms with Crippen molar-refractivity contribution in [1.29, 1.82) is 0 Å². The molecule has 8 nitrogen and oxygen atoms in total. The number of nitrogens with one attached hydrogen (secondary N) is 2. The lowest BCUT2D eigenvalue weighted by molar-refractivity contribution is -0.135. The van der Waals surface area contributed by atoms with E-state index in [9.17, 15) is 23.5 Å². The van der Waals surface area contributed by atoms with Crippen LogP contribution in [-0.2, 0) is 10.4 Å². The van der Waals surface area contributed by atoms with Crippen LogP contribution in [0.3, 0.4) is 0 Å². The van der Waals surface area contributed by atoms with Gasteiger partial charge in [0.15, 0.2) is 5.60 Å². The molecule has 1 aromatic carbocycles. The summed E-state index contributed by atoms with van der Waals surface area (Å²) >= 11 is 12.6. The number of rotatable bonds is 9. The van der Waals surface area contributed by atoms with Gasteiger partial charge in [0, 0.05) is 34.9 Å². The molecular formula is C28H34Cl2F2N4O4. The average molecular weight is 600 g/mol. The van der Waals surface area contributed by atoms with E-state index in [-0.39, 0.29) is 40.4 Å². The van der Waals surface area contributed by atoms with Crippen LogP contribution in [0.1, 0.15) is 69.3 Å². The second-order valence-corrected chi connectivity index (χ2v) is 12.2. The van der Waals surface area contributed by atoms with Crippen LogP contribution in [0.25, 0.3) is 0 Å². The number of hydrogen-bond acceptors (Lipinski definition) is 6. The van der Waals surface area contributed by atoms with Crippen molar-refractivity contribution in [1.82, 2.24) is 15.6 Å². The van der Waals surface area contributed by atoms with Crippen LogP contribution in [0.15, 0.2) is 30.5 Å². The molecule has 12 heteroatoms. The summed E-state index contributed by atoms with van der Waals surface area (Å²) in [6.07, 6.45) is 2.08. The van der Waals surface area contributed by atoms with E-state index in [4.69, 9.17) is 27.9 Å². The molecule has 2 saturated heterocycles. The van der Waals surface area contributed by atoms with Crippen molar-refractivity contribution in [3.63, 3.8) is 0 Å². The molecule has 1 aromatic heterocycles. The monoisotopic (exact) mass is 598 g/mol. The summed E-state index contributed by atoms with van der Waals surface area (Å²) < 4.78 is 30.8. The zero-order valence-corrected chi connectivity index (χ0v) is 24.3. The smallest absolute Gasteiger partial charge is 0.263 e. The first-order valence-corrected chi connectivity index (χ1v) is 13.9. The van der Waals surface area contributed by atoms with Crippen LogP contribution in [-0.4, -0.2) is 58.6 Å². The summed E-state index contributed by atoms with van der Waals surface area (Å²) in [6, 6.07) is 6.59. The molecule has 2 unspecified atom stereocenters. The zero-order chi connectivity index (χ0) is 29.4. The van der Waals surface area contributed by atoms with E-state index in [0.717, 1.165) is 12.8 Å². The van der Waals surface area contributed by atoms with E-state index in [1.54, 1.807) is 45.9 Å². The summed E-state index contributed by atoms with van der Waals surface area (Å²) in [6.45, 7) is 5.80. The second kappa shape index (κ2) is 11.7. The van der Waals surface area contributed by atoms with Gasteiger partial charge in [-0.1, -0.05) is 23.2 Å². The minimum atomic E-state index is -2.62. The lowest BCUT2D eigenvalue weighted by atomic mass is 9.96. The number of hydrogen-bond donors (Lipinski definition) is 3. The Morgan fingerprint density at radius 2 is 1.77 bits per heavy atom. The van der Waals surface area contributed by atoms with Crippen molar-refractivity contribution in [3.05, 3.63) is 51.6 Å². The highest BCUT2D eigenvalue weighted by atomic mass is 35.5. The number of benzene rings is 1. The summed E-state index contributed by atoms with van der Waals surface area (Å²) in [7, 11) is 0. The third kappa shape index (κ3) is 6.78. The van der Waals surface area contributed by atoms with Crippen molar-refractivity contribution in [3.8, 4) is 5.75 Å². The molecule has 0 spiro atoms. The Morgan fingerprint density at radius 3 is 2.33 bits per heavy atom. The maximum Gasteiger partial charge on any atom is 0.263 e. The number of ether oxygens (including phenoxy) is 1. The maximum atomic E-state index is 13.3. The third-order valence-corrected chi connectivity index (χ3v) is 7.96. The summed E-state index contributed by atoms with van der Waals surface area (Å²) in [4.78, 5) is 32.0. The number of amides is 2. The Labute approximate surface area is 242 Å². The topological polar surface area (TPSA) is 104 Å². The van der Waals surface area contributed by atoms with E-state index in [1.165, 1.54) is 12.3 Å². The Bertz CT molecular complexity index is 1240. The molecule has 2 fully saturated rings. The predicted octanol–water partition coefficient (Wildman–Crippen LogP) is 5.08. The van der Waals surface area contributed by atoms with E-state index >= 15 is 0 Å². The second-order valence-electron chi connectivity index (χ2n) is 11.4.